The van der Waals surface area contributed by atoms with Gasteiger partial charge in [-0.15, -0.1) is 11.8 Å². The molecule has 1 unspecified atom stereocenters. The highest BCUT2D eigenvalue weighted by Gasteiger charge is 2.21. The molecule has 1 aromatic heterocycles. The third-order valence-corrected chi connectivity index (χ3v) is 6.99. The molecule has 0 bridgehead atoms. The van der Waals surface area contributed by atoms with Crippen LogP contribution in [0.15, 0.2) is 88.6 Å². The lowest BCUT2D eigenvalue weighted by Gasteiger charge is -2.12. The number of aryl methyl sites for hydroxylation is 1. The summed E-state index contributed by atoms with van der Waals surface area (Å²) in [6.45, 7) is 5.54. The Kier molecular flexibility index (Phi) is 7.45. The lowest BCUT2D eigenvalue weighted by atomic mass is 10.1. The van der Waals surface area contributed by atoms with Crippen LogP contribution < -0.4 is 16.2 Å². The van der Waals surface area contributed by atoms with Crippen LogP contribution in [0.25, 0.3) is 5.69 Å². The van der Waals surface area contributed by atoms with E-state index in [1.54, 1.807) is 43.8 Å². The minimum Gasteiger partial charge on any atom is -0.322 e. The van der Waals surface area contributed by atoms with Crippen LogP contribution in [0.3, 0.4) is 0 Å². The molecule has 4 aromatic rings. The second-order valence-corrected chi connectivity index (χ2v) is 9.95. The Balaban J connectivity index is 1.41. The molecular weight excluding hydrogens is 472 g/mol. The van der Waals surface area contributed by atoms with Crippen LogP contribution in [-0.2, 0) is 11.8 Å². The number of nitrogens with zero attached hydrogens (tertiary/aromatic N) is 2. The molecule has 0 aliphatic carbocycles. The highest BCUT2D eigenvalue weighted by molar-refractivity contribution is 8.00. The Hall–Kier alpha value is -4.04. The molecule has 0 radical (unpaired) electrons. The maximum atomic E-state index is 13.1. The van der Waals surface area contributed by atoms with Gasteiger partial charge >= 0.3 is 0 Å². The summed E-state index contributed by atoms with van der Waals surface area (Å²) < 4.78 is 3.27. The van der Waals surface area contributed by atoms with Crippen molar-refractivity contribution >= 4 is 35.0 Å². The summed E-state index contributed by atoms with van der Waals surface area (Å²) in [5, 5.41) is 5.26. The maximum Gasteiger partial charge on any atom is 0.295 e. The first-order chi connectivity index (χ1) is 17.2. The molecule has 0 spiro atoms. The van der Waals surface area contributed by atoms with E-state index in [0.29, 0.717) is 16.9 Å². The van der Waals surface area contributed by atoms with Crippen molar-refractivity contribution in [2.45, 2.75) is 30.9 Å². The number of anilines is 2. The number of aromatic nitrogens is 2. The first-order valence-corrected chi connectivity index (χ1v) is 12.4. The van der Waals surface area contributed by atoms with E-state index in [-0.39, 0.29) is 23.1 Å². The number of rotatable bonds is 7. The molecule has 1 atom stereocenters. The van der Waals surface area contributed by atoms with Gasteiger partial charge in [-0.25, -0.2) is 4.68 Å². The fourth-order valence-electron chi connectivity index (χ4n) is 3.80. The zero-order chi connectivity index (χ0) is 25.8. The van der Waals surface area contributed by atoms with Gasteiger partial charge in [-0.3, -0.25) is 19.1 Å². The van der Waals surface area contributed by atoms with Crippen molar-refractivity contribution in [1.29, 1.82) is 0 Å². The first kappa shape index (κ1) is 25.1. The van der Waals surface area contributed by atoms with Gasteiger partial charge in [0.05, 0.1) is 16.6 Å². The molecule has 184 valence electrons. The van der Waals surface area contributed by atoms with Gasteiger partial charge in [0.1, 0.15) is 5.69 Å². The number of thioether (sulfide) groups is 1. The summed E-state index contributed by atoms with van der Waals surface area (Å²) in [7, 11) is 1.79. The Morgan fingerprint density at radius 1 is 0.889 bits per heavy atom. The van der Waals surface area contributed by atoms with E-state index in [1.165, 1.54) is 16.4 Å². The van der Waals surface area contributed by atoms with E-state index in [0.717, 1.165) is 16.1 Å². The second-order valence-electron chi connectivity index (χ2n) is 8.53. The Labute approximate surface area is 214 Å². The fraction of sp³-hybridized carbons (Fsp3) is 0.179. The van der Waals surface area contributed by atoms with Gasteiger partial charge in [-0.1, -0.05) is 35.9 Å². The molecule has 0 saturated heterocycles. The Bertz CT molecular complexity index is 1460. The lowest BCUT2D eigenvalue weighted by molar-refractivity contribution is -0.115. The Morgan fingerprint density at radius 2 is 1.58 bits per heavy atom. The smallest absolute Gasteiger partial charge is 0.295 e. The predicted octanol–water partition coefficient (Wildman–Crippen LogP) is 5.16. The van der Waals surface area contributed by atoms with E-state index in [4.69, 9.17) is 0 Å². The number of benzene rings is 3. The van der Waals surface area contributed by atoms with Crippen molar-refractivity contribution in [1.82, 2.24) is 9.36 Å². The van der Waals surface area contributed by atoms with E-state index in [1.807, 2.05) is 67.6 Å². The number of hydrogen-bond donors (Lipinski definition) is 2. The molecule has 4 rings (SSSR count). The largest absolute Gasteiger partial charge is 0.322 e. The monoisotopic (exact) mass is 500 g/mol. The molecule has 2 N–H and O–H groups in total. The summed E-state index contributed by atoms with van der Waals surface area (Å²) in [4.78, 5) is 39.3. The predicted molar refractivity (Wildman–Crippen MR) is 145 cm³/mol. The van der Waals surface area contributed by atoms with Crippen molar-refractivity contribution in [3.63, 3.8) is 0 Å². The minimum atomic E-state index is -0.443. The summed E-state index contributed by atoms with van der Waals surface area (Å²) in [5.41, 5.74) is 3.68. The highest BCUT2D eigenvalue weighted by Crippen LogP contribution is 2.26. The molecule has 36 heavy (non-hydrogen) atoms. The summed E-state index contributed by atoms with van der Waals surface area (Å²) in [6.07, 6.45) is 0. The van der Waals surface area contributed by atoms with Crippen LogP contribution in [0.4, 0.5) is 11.4 Å². The third kappa shape index (κ3) is 5.44. The third-order valence-electron chi connectivity index (χ3n) is 5.88. The van der Waals surface area contributed by atoms with E-state index < -0.39 is 5.25 Å². The molecule has 0 aliphatic rings. The lowest BCUT2D eigenvalue weighted by Crippen LogP contribution is -2.27. The number of carbonyl (C=O) groups is 2. The first-order valence-electron chi connectivity index (χ1n) is 11.5. The summed E-state index contributed by atoms with van der Waals surface area (Å²) in [5.74, 6) is -0.436. The van der Waals surface area contributed by atoms with Crippen LogP contribution >= 0.6 is 11.8 Å². The SMILES string of the molecule is Cc1cccc(C(=O)Nc2ccc(SC(C)C(=O)Nc3c(C)n(C)n(-c4ccccc4)c3=O)cc2)c1. The van der Waals surface area contributed by atoms with Crippen molar-refractivity contribution in [2.24, 2.45) is 7.05 Å². The van der Waals surface area contributed by atoms with Gasteiger partial charge in [-0.05, 0) is 69.3 Å². The molecule has 1 heterocycles. The molecule has 0 aliphatic heterocycles. The number of nitrogens with one attached hydrogen (secondary N) is 2. The number of carbonyl (C=O) groups excluding carboxylic acids is 2. The molecular formula is C28H28N4O3S. The number of para-hydroxylation sites is 1. The highest BCUT2D eigenvalue weighted by atomic mass is 32.2. The van der Waals surface area contributed by atoms with Crippen LogP contribution in [0, 0.1) is 13.8 Å². The van der Waals surface area contributed by atoms with Gasteiger partial charge in [-0.2, -0.15) is 0 Å². The maximum absolute atomic E-state index is 13.1. The average molecular weight is 501 g/mol. The van der Waals surface area contributed by atoms with Crippen molar-refractivity contribution in [2.75, 3.05) is 10.6 Å². The molecule has 8 heteroatoms. The zero-order valence-corrected chi connectivity index (χ0v) is 21.4. The minimum absolute atomic E-state index is 0.175. The topological polar surface area (TPSA) is 85.1 Å². The molecule has 0 saturated carbocycles. The zero-order valence-electron chi connectivity index (χ0n) is 20.6. The van der Waals surface area contributed by atoms with E-state index in [2.05, 4.69) is 10.6 Å². The quantitative estimate of drug-likeness (QED) is 0.343. The van der Waals surface area contributed by atoms with Crippen LogP contribution in [0.2, 0.25) is 0 Å². The molecule has 7 nitrogen and oxygen atoms in total. The summed E-state index contributed by atoms with van der Waals surface area (Å²) >= 11 is 1.38. The number of hydrogen-bond acceptors (Lipinski definition) is 4. The van der Waals surface area contributed by atoms with Gasteiger partial charge in [0.2, 0.25) is 5.91 Å². The Morgan fingerprint density at radius 3 is 2.25 bits per heavy atom. The molecule has 2 amide bonds. The standard InChI is InChI=1S/C28H28N4O3S/c1-18-9-8-10-21(17-18)27(34)29-22-13-15-24(16-14-22)36-20(3)26(33)30-25-19(2)31(4)32(28(25)35)23-11-6-5-7-12-23/h5-17,20H,1-4H3,(H,29,34)(H,30,33). The van der Waals surface area contributed by atoms with E-state index >= 15 is 0 Å². The van der Waals surface area contributed by atoms with Crippen molar-refractivity contribution in [3.05, 3.63) is 106 Å². The van der Waals surface area contributed by atoms with Gasteiger partial charge in [0, 0.05) is 23.2 Å². The van der Waals surface area contributed by atoms with Crippen LogP contribution in [-0.4, -0.2) is 26.4 Å². The van der Waals surface area contributed by atoms with Crippen molar-refractivity contribution in [3.8, 4) is 5.69 Å². The summed E-state index contributed by atoms with van der Waals surface area (Å²) in [6, 6.07) is 24.0. The molecule has 0 fully saturated rings. The van der Waals surface area contributed by atoms with Crippen molar-refractivity contribution < 1.29 is 9.59 Å². The fourth-order valence-corrected chi connectivity index (χ4v) is 4.67. The number of amides is 2. The van der Waals surface area contributed by atoms with Crippen LogP contribution in [0.5, 0.6) is 0 Å². The van der Waals surface area contributed by atoms with Gasteiger partial charge in [0.25, 0.3) is 11.5 Å². The van der Waals surface area contributed by atoms with E-state index in [9.17, 15) is 14.4 Å². The van der Waals surface area contributed by atoms with Gasteiger partial charge < -0.3 is 10.6 Å². The normalized spacial score (nSPS) is 11.7. The van der Waals surface area contributed by atoms with Crippen LogP contribution in [0.1, 0.15) is 28.5 Å². The second kappa shape index (κ2) is 10.7. The average Bonchev–Trinajstić information content (AvgIpc) is 3.08. The molecule has 3 aromatic carbocycles. The van der Waals surface area contributed by atoms with Gasteiger partial charge in [0.15, 0.2) is 0 Å².